The monoisotopic (exact) mass is 295 g/mol. The molecular weight excluding hydrogens is 270 g/mol. The van der Waals surface area contributed by atoms with Crippen molar-refractivity contribution in [2.24, 2.45) is 5.73 Å². The maximum Gasteiger partial charge on any atom is 0.303 e. The number of ether oxygens (including phenoxy) is 2. The van der Waals surface area contributed by atoms with Gasteiger partial charge in [-0.3, -0.25) is 4.79 Å². The Morgan fingerprint density at radius 1 is 1.24 bits per heavy atom. The predicted molar refractivity (Wildman–Crippen MR) is 82.0 cm³/mol. The average Bonchev–Trinajstić information content (AvgIpc) is 2.42. The summed E-state index contributed by atoms with van der Waals surface area (Å²) in [6.07, 6.45) is 0.372. The van der Waals surface area contributed by atoms with Crippen LogP contribution < -0.4 is 15.2 Å². The molecule has 118 valence electrons. The molecule has 0 saturated carbocycles. The molecule has 0 aliphatic rings. The van der Waals surface area contributed by atoms with Gasteiger partial charge in [-0.1, -0.05) is 20.8 Å². The molecule has 1 rings (SSSR count). The molecule has 0 amide bonds. The van der Waals surface area contributed by atoms with Crippen molar-refractivity contribution in [3.63, 3.8) is 0 Å². The van der Waals surface area contributed by atoms with Crippen LogP contribution in [0.15, 0.2) is 12.1 Å². The minimum Gasteiger partial charge on any atom is -0.496 e. The van der Waals surface area contributed by atoms with Gasteiger partial charge in [-0.25, -0.2) is 0 Å². The lowest BCUT2D eigenvalue weighted by atomic mass is 9.84. The minimum atomic E-state index is -0.859. The first kappa shape index (κ1) is 17.3. The van der Waals surface area contributed by atoms with Gasteiger partial charge in [0, 0.05) is 23.6 Å². The van der Waals surface area contributed by atoms with Gasteiger partial charge < -0.3 is 20.3 Å². The number of hydrogen-bond donors (Lipinski definition) is 2. The van der Waals surface area contributed by atoms with Gasteiger partial charge in [0.1, 0.15) is 11.5 Å². The van der Waals surface area contributed by atoms with E-state index in [-0.39, 0.29) is 11.8 Å². The Labute approximate surface area is 126 Å². The lowest BCUT2D eigenvalue weighted by Gasteiger charge is -2.25. The molecule has 1 atom stereocenters. The number of rotatable bonds is 6. The number of methoxy groups -OCH3 is 2. The highest BCUT2D eigenvalue weighted by Crippen LogP contribution is 2.39. The Bertz CT molecular complexity index is 506. The van der Waals surface area contributed by atoms with Crippen LogP contribution >= 0.6 is 0 Å². The van der Waals surface area contributed by atoms with E-state index in [9.17, 15) is 4.79 Å². The van der Waals surface area contributed by atoms with Gasteiger partial charge in [-0.05, 0) is 24.0 Å². The Hall–Kier alpha value is -1.75. The normalized spacial score (nSPS) is 12.9. The van der Waals surface area contributed by atoms with E-state index in [0.29, 0.717) is 12.2 Å². The number of hydrogen-bond acceptors (Lipinski definition) is 4. The third-order valence-corrected chi connectivity index (χ3v) is 3.43. The van der Waals surface area contributed by atoms with Crippen molar-refractivity contribution >= 4 is 5.97 Å². The number of aliphatic carboxylic acids is 1. The fourth-order valence-corrected chi connectivity index (χ4v) is 2.23. The first-order valence-electron chi connectivity index (χ1n) is 6.94. The summed E-state index contributed by atoms with van der Waals surface area (Å²) in [6.45, 7) is 6.27. The van der Waals surface area contributed by atoms with Gasteiger partial charge in [-0.15, -0.1) is 0 Å². The zero-order valence-corrected chi connectivity index (χ0v) is 13.4. The molecule has 0 aliphatic heterocycles. The van der Waals surface area contributed by atoms with E-state index in [4.69, 9.17) is 20.3 Å². The third kappa shape index (κ3) is 4.36. The standard InChI is InChI=1S/C16H25NO4/c1-16(2,3)11-9-13(20-4)10(8-14(11)21-5)12(17)6-7-15(18)19/h8-9,12H,6-7,17H2,1-5H3,(H,18,19). The van der Waals surface area contributed by atoms with Crippen LogP contribution in [0.2, 0.25) is 0 Å². The van der Waals surface area contributed by atoms with Crippen molar-refractivity contribution in [1.29, 1.82) is 0 Å². The van der Waals surface area contributed by atoms with Crippen molar-refractivity contribution in [1.82, 2.24) is 0 Å². The summed E-state index contributed by atoms with van der Waals surface area (Å²) < 4.78 is 10.9. The maximum atomic E-state index is 10.7. The van der Waals surface area contributed by atoms with Crippen LogP contribution in [0.3, 0.4) is 0 Å². The van der Waals surface area contributed by atoms with Crippen LogP contribution in [0.1, 0.15) is 50.8 Å². The lowest BCUT2D eigenvalue weighted by Crippen LogP contribution is -2.17. The van der Waals surface area contributed by atoms with Crippen molar-refractivity contribution < 1.29 is 19.4 Å². The van der Waals surface area contributed by atoms with E-state index in [0.717, 1.165) is 16.9 Å². The van der Waals surface area contributed by atoms with Crippen LogP contribution in [-0.2, 0) is 10.2 Å². The number of benzene rings is 1. The summed E-state index contributed by atoms with van der Waals surface area (Å²) >= 11 is 0. The van der Waals surface area contributed by atoms with Gasteiger partial charge in [0.05, 0.1) is 14.2 Å². The summed E-state index contributed by atoms with van der Waals surface area (Å²) in [7, 11) is 3.20. The highest BCUT2D eigenvalue weighted by molar-refractivity contribution is 5.66. The van der Waals surface area contributed by atoms with Crippen LogP contribution in [0.25, 0.3) is 0 Å². The molecule has 1 aromatic carbocycles. The molecule has 0 aliphatic carbocycles. The molecule has 3 N–H and O–H groups in total. The molecule has 5 heteroatoms. The lowest BCUT2D eigenvalue weighted by molar-refractivity contribution is -0.137. The van der Waals surface area contributed by atoms with E-state index >= 15 is 0 Å². The maximum absolute atomic E-state index is 10.7. The first-order chi connectivity index (χ1) is 9.70. The summed E-state index contributed by atoms with van der Waals surface area (Å²) in [5, 5.41) is 8.78. The van der Waals surface area contributed by atoms with Crippen LogP contribution in [0.4, 0.5) is 0 Å². The van der Waals surface area contributed by atoms with E-state index < -0.39 is 12.0 Å². The molecule has 0 aromatic heterocycles. The van der Waals surface area contributed by atoms with Gasteiger partial charge in [0.2, 0.25) is 0 Å². The smallest absolute Gasteiger partial charge is 0.303 e. The molecule has 1 aromatic rings. The Morgan fingerprint density at radius 3 is 2.24 bits per heavy atom. The second kappa shape index (κ2) is 6.80. The highest BCUT2D eigenvalue weighted by Gasteiger charge is 2.23. The quantitative estimate of drug-likeness (QED) is 0.843. The summed E-state index contributed by atoms with van der Waals surface area (Å²) in [5.41, 5.74) is 7.80. The fraction of sp³-hybridized carbons (Fsp3) is 0.562. The van der Waals surface area contributed by atoms with Gasteiger partial charge in [-0.2, -0.15) is 0 Å². The van der Waals surface area contributed by atoms with E-state index in [1.54, 1.807) is 14.2 Å². The molecule has 0 bridgehead atoms. The molecule has 0 fully saturated rings. The Morgan fingerprint density at radius 2 is 1.81 bits per heavy atom. The molecule has 0 radical (unpaired) electrons. The third-order valence-electron chi connectivity index (χ3n) is 3.43. The van der Waals surface area contributed by atoms with Gasteiger partial charge in [0.25, 0.3) is 0 Å². The number of carbonyl (C=O) groups is 1. The van der Waals surface area contributed by atoms with Crippen molar-refractivity contribution in [2.45, 2.75) is 45.1 Å². The van der Waals surface area contributed by atoms with Crippen LogP contribution in [0, 0.1) is 0 Å². The van der Waals surface area contributed by atoms with E-state index in [2.05, 4.69) is 20.8 Å². The highest BCUT2D eigenvalue weighted by atomic mass is 16.5. The van der Waals surface area contributed by atoms with Crippen molar-refractivity contribution in [3.05, 3.63) is 23.3 Å². The van der Waals surface area contributed by atoms with Gasteiger partial charge in [0.15, 0.2) is 0 Å². The second-order valence-electron chi connectivity index (χ2n) is 6.08. The van der Waals surface area contributed by atoms with Crippen LogP contribution in [-0.4, -0.2) is 25.3 Å². The molecule has 0 saturated heterocycles. The Balaban J connectivity index is 3.23. The molecular formula is C16H25NO4. The predicted octanol–water partition coefficient (Wildman–Crippen LogP) is 2.87. The number of nitrogens with two attached hydrogens (primary N) is 1. The minimum absolute atomic E-state index is 0.0215. The summed E-state index contributed by atoms with van der Waals surface area (Å²) in [6, 6.07) is 3.37. The molecule has 21 heavy (non-hydrogen) atoms. The topological polar surface area (TPSA) is 81.8 Å². The van der Waals surface area contributed by atoms with Crippen molar-refractivity contribution in [2.75, 3.05) is 14.2 Å². The molecule has 1 unspecified atom stereocenters. The zero-order chi connectivity index (χ0) is 16.2. The average molecular weight is 295 g/mol. The van der Waals surface area contributed by atoms with Crippen LogP contribution in [0.5, 0.6) is 11.5 Å². The molecule has 0 heterocycles. The van der Waals surface area contributed by atoms with E-state index in [1.165, 1.54) is 0 Å². The number of carboxylic acid groups (broad SMARTS) is 1. The van der Waals surface area contributed by atoms with Gasteiger partial charge >= 0.3 is 5.97 Å². The van der Waals surface area contributed by atoms with Crippen molar-refractivity contribution in [3.8, 4) is 11.5 Å². The Kier molecular flexibility index (Phi) is 5.61. The summed E-state index contributed by atoms with van der Waals surface area (Å²) in [4.78, 5) is 10.7. The summed E-state index contributed by atoms with van der Waals surface area (Å²) in [5.74, 6) is 0.547. The first-order valence-corrected chi connectivity index (χ1v) is 6.94. The SMILES string of the molecule is COc1cc(C(C)(C)C)c(OC)cc1C(N)CCC(=O)O. The zero-order valence-electron chi connectivity index (χ0n) is 13.4. The molecule has 5 nitrogen and oxygen atoms in total. The van der Waals surface area contributed by atoms with E-state index in [1.807, 2.05) is 12.1 Å². The molecule has 0 spiro atoms. The second-order valence-corrected chi connectivity index (χ2v) is 6.08. The number of carboxylic acids is 1. The largest absolute Gasteiger partial charge is 0.496 e. The fourth-order valence-electron chi connectivity index (χ4n) is 2.23.